The molecule has 3 nitrogen and oxygen atoms in total. The molecule has 0 unspecified atom stereocenters. The summed E-state index contributed by atoms with van der Waals surface area (Å²) in [5, 5.41) is 22.5. The SMILES string of the molecule is N#Cc1ccc(F)cc1.OBO. The van der Waals surface area contributed by atoms with Crippen LogP contribution in [0.2, 0.25) is 0 Å². The summed E-state index contributed by atoms with van der Waals surface area (Å²) in [4.78, 5) is 0. The van der Waals surface area contributed by atoms with Crippen molar-refractivity contribution >= 4 is 7.69 Å². The lowest BCUT2D eigenvalue weighted by molar-refractivity contribution is 0.448. The molecule has 1 rings (SSSR count). The fourth-order valence-electron chi connectivity index (χ4n) is 0.524. The third kappa shape index (κ3) is 4.44. The number of halogens is 1. The number of nitrogens with zero attached hydrogens (tertiary/aromatic N) is 1. The van der Waals surface area contributed by atoms with E-state index in [1.54, 1.807) is 0 Å². The maximum atomic E-state index is 12.1. The molecule has 0 aromatic heterocycles. The molecule has 62 valence electrons. The van der Waals surface area contributed by atoms with Crippen molar-refractivity contribution in [2.24, 2.45) is 0 Å². The van der Waals surface area contributed by atoms with Gasteiger partial charge in [-0.2, -0.15) is 5.26 Å². The van der Waals surface area contributed by atoms with E-state index in [0.29, 0.717) is 5.56 Å². The Morgan fingerprint density at radius 3 is 2.00 bits per heavy atom. The van der Waals surface area contributed by atoms with Crippen molar-refractivity contribution in [3.8, 4) is 6.07 Å². The Morgan fingerprint density at radius 2 is 1.67 bits per heavy atom. The summed E-state index contributed by atoms with van der Waals surface area (Å²) in [5.41, 5.74) is 0.483. The highest BCUT2D eigenvalue weighted by Crippen LogP contribution is 1.99. The first kappa shape index (κ1) is 10.6. The van der Waals surface area contributed by atoms with E-state index >= 15 is 0 Å². The zero-order valence-electron chi connectivity index (χ0n) is 6.24. The first-order chi connectivity index (χ1) is 5.74. The molecule has 0 heterocycles. The van der Waals surface area contributed by atoms with Gasteiger partial charge < -0.3 is 10.0 Å². The van der Waals surface area contributed by atoms with Crippen LogP contribution in [0.25, 0.3) is 0 Å². The minimum atomic E-state index is -0.750. The van der Waals surface area contributed by atoms with Gasteiger partial charge in [0.1, 0.15) is 5.82 Å². The normalized spacial score (nSPS) is 7.50. The average molecular weight is 167 g/mol. The number of hydrogen-bond acceptors (Lipinski definition) is 3. The Morgan fingerprint density at radius 1 is 1.25 bits per heavy atom. The van der Waals surface area contributed by atoms with Crippen LogP contribution < -0.4 is 0 Å². The van der Waals surface area contributed by atoms with E-state index in [2.05, 4.69) is 0 Å². The first-order valence-corrected chi connectivity index (χ1v) is 3.12. The van der Waals surface area contributed by atoms with E-state index in [-0.39, 0.29) is 5.82 Å². The summed E-state index contributed by atoms with van der Waals surface area (Å²) in [6, 6.07) is 7.29. The van der Waals surface area contributed by atoms with Crippen LogP contribution in [0.3, 0.4) is 0 Å². The van der Waals surface area contributed by atoms with Gasteiger partial charge in [0.2, 0.25) is 0 Å². The Balaban J connectivity index is 0.000000354. The first-order valence-electron chi connectivity index (χ1n) is 3.12. The summed E-state index contributed by atoms with van der Waals surface area (Å²) < 4.78 is 12.1. The number of hydrogen-bond donors (Lipinski definition) is 2. The van der Waals surface area contributed by atoms with Crippen LogP contribution in [-0.2, 0) is 0 Å². The molecule has 0 aliphatic heterocycles. The Bertz CT molecular complexity index is 257. The van der Waals surface area contributed by atoms with Crippen molar-refractivity contribution in [2.75, 3.05) is 0 Å². The molecule has 12 heavy (non-hydrogen) atoms. The van der Waals surface area contributed by atoms with Crippen molar-refractivity contribution < 1.29 is 14.4 Å². The second-order valence-electron chi connectivity index (χ2n) is 1.76. The Labute approximate surface area is 70.0 Å². The second-order valence-corrected chi connectivity index (χ2v) is 1.76. The van der Waals surface area contributed by atoms with E-state index in [9.17, 15) is 4.39 Å². The van der Waals surface area contributed by atoms with E-state index in [1.165, 1.54) is 24.3 Å². The summed E-state index contributed by atoms with van der Waals surface area (Å²) in [5.74, 6) is -0.311. The van der Waals surface area contributed by atoms with Crippen molar-refractivity contribution in [1.82, 2.24) is 0 Å². The lowest BCUT2D eigenvalue weighted by Crippen LogP contribution is -1.75. The highest BCUT2D eigenvalue weighted by molar-refractivity contribution is 6.13. The molecule has 0 radical (unpaired) electrons. The van der Waals surface area contributed by atoms with Gasteiger partial charge in [-0.15, -0.1) is 0 Å². The van der Waals surface area contributed by atoms with Gasteiger partial charge in [-0.3, -0.25) is 0 Å². The van der Waals surface area contributed by atoms with E-state index in [0.717, 1.165) is 0 Å². The summed E-state index contributed by atoms with van der Waals surface area (Å²) in [6.45, 7) is 0. The molecular weight excluding hydrogens is 160 g/mol. The molecule has 0 bridgehead atoms. The molecule has 1 aromatic rings. The van der Waals surface area contributed by atoms with Crippen LogP contribution in [0.15, 0.2) is 24.3 Å². The summed E-state index contributed by atoms with van der Waals surface area (Å²) in [7, 11) is -0.750. The largest absolute Gasteiger partial charge is 0.432 e. The maximum absolute atomic E-state index is 12.1. The molecule has 0 fully saturated rings. The molecular formula is C7H7BFNO2. The zero-order chi connectivity index (χ0) is 9.40. The molecule has 0 aliphatic carbocycles. The fourth-order valence-corrected chi connectivity index (χ4v) is 0.524. The van der Waals surface area contributed by atoms with Crippen molar-refractivity contribution in [3.63, 3.8) is 0 Å². The van der Waals surface area contributed by atoms with Gasteiger partial charge in [-0.1, -0.05) is 0 Å². The molecule has 1 aromatic carbocycles. The van der Waals surface area contributed by atoms with E-state index in [1.807, 2.05) is 6.07 Å². The van der Waals surface area contributed by atoms with Crippen molar-refractivity contribution in [2.45, 2.75) is 0 Å². The number of rotatable bonds is 0. The topological polar surface area (TPSA) is 64.2 Å². The van der Waals surface area contributed by atoms with Gasteiger partial charge in [0.25, 0.3) is 0 Å². The quantitative estimate of drug-likeness (QED) is 0.531. The smallest absolute Gasteiger partial charge is 0.430 e. The standard InChI is InChI=1S/C7H4FN.BH3O2/c8-7-3-1-6(5-9)2-4-7;2-1-3/h1-4H;1-3H. The number of nitriles is 1. The predicted molar refractivity (Wildman–Crippen MR) is 42.7 cm³/mol. The van der Waals surface area contributed by atoms with Gasteiger partial charge >= 0.3 is 7.69 Å². The van der Waals surface area contributed by atoms with E-state index in [4.69, 9.17) is 15.3 Å². The molecule has 0 saturated carbocycles. The van der Waals surface area contributed by atoms with Gasteiger partial charge in [0.05, 0.1) is 11.6 Å². The second kappa shape index (κ2) is 6.34. The minimum Gasteiger partial charge on any atom is -0.430 e. The molecule has 0 spiro atoms. The van der Waals surface area contributed by atoms with Crippen LogP contribution in [0.1, 0.15) is 5.56 Å². The highest BCUT2D eigenvalue weighted by atomic mass is 19.1. The molecule has 0 amide bonds. The minimum absolute atomic E-state index is 0.311. The Hall–Kier alpha value is -1.38. The van der Waals surface area contributed by atoms with Gasteiger partial charge in [-0.25, -0.2) is 4.39 Å². The molecule has 2 N–H and O–H groups in total. The highest BCUT2D eigenvalue weighted by Gasteiger charge is 1.87. The molecule has 0 atom stereocenters. The third-order valence-electron chi connectivity index (χ3n) is 0.973. The maximum Gasteiger partial charge on any atom is 0.432 e. The Kier molecular flexibility index (Phi) is 5.62. The number of benzene rings is 1. The van der Waals surface area contributed by atoms with Crippen LogP contribution in [0.5, 0.6) is 0 Å². The van der Waals surface area contributed by atoms with Crippen molar-refractivity contribution in [1.29, 1.82) is 5.26 Å². The van der Waals surface area contributed by atoms with E-state index < -0.39 is 7.69 Å². The fraction of sp³-hybridized carbons (Fsp3) is 0. The van der Waals surface area contributed by atoms with Crippen LogP contribution >= 0.6 is 0 Å². The van der Waals surface area contributed by atoms with Gasteiger partial charge in [0, 0.05) is 0 Å². The monoisotopic (exact) mass is 167 g/mol. The van der Waals surface area contributed by atoms with Gasteiger partial charge in [-0.05, 0) is 24.3 Å². The third-order valence-corrected chi connectivity index (χ3v) is 0.973. The zero-order valence-corrected chi connectivity index (χ0v) is 6.24. The van der Waals surface area contributed by atoms with Crippen LogP contribution in [0, 0.1) is 17.1 Å². The summed E-state index contributed by atoms with van der Waals surface area (Å²) in [6.07, 6.45) is 0. The molecule has 0 saturated heterocycles. The predicted octanol–water partition coefficient (Wildman–Crippen LogP) is -0.0651. The van der Waals surface area contributed by atoms with Crippen LogP contribution in [0.4, 0.5) is 4.39 Å². The summed E-state index contributed by atoms with van der Waals surface area (Å²) >= 11 is 0. The lowest BCUT2D eigenvalue weighted by Gasteiger charge is -1.84. The van der Waals surface area contributed by atoms with Crippen molar-refractivity contribution in [3.05, 3.63) is 35.6 Å². The van der Waals surface area contributed by atoms with Gasteiger partial charge in [0.15, 0.2) is 0 Å². The molecule has 5 heteroatoms. The average Bonchev–Trinajstić information content (AvgIpc) is 2.07. The molecule has 0 aliphatic rings. The lowest BCUT2D eigenvalue weighted by atomic mass is 10.2. The van der Waals surface area contributed by atoms with Crippen LogP contribution in [-0.4, -0.2) is 17.7 Å².